The molecule has 0 saturated heterocycles. The van der Waals surface area contributed by atoms with Gasteiger partial charge < -0.3 is 10.6 Å². The van der Waals surface area contributed by atoms with Crippen LogP contribution in [0.25, 0.3) is 0 Å². The number of hydrogen-bond donors (Lipinski definition) is 3. The highest BCUT2D eigenvalue weighted by Gasteiger charge is 2.11. The van der Waals surface area contributed by atoms with Crippen molar-refractivity contribution < 1.29 is 9.59 Å². The minimum Gasteiger partial charge on any atom is -0.353 e. The van der Waals surface area contributed by atoms with Crippen LogP contribution >= 0.6 is 22.9 Å². The molecule has 8 heteroatoms. The zero-order valence-electron chi connectivity index (χ0n) is 13.4. The molecule has 1 heterocycles. The van der Waals surface area contributed by atoms with E-state index in [9.17, 15) is 9.59 Å². The summed E-state index contributed by atoms with van der Waals surface area (Å²) in [4.78, 5) is 28.0. The average Bonchev–Trinajstić information content (AvgIpc) is 2.96. The molecule has 0 aliphatic rings. The van der Waals surface area contributed by atoms with Crippen molar-refractivity contribution in [3.8, 4) is 0 Å². The Morgan fingerprint density at radius 1 is 1.25 bits per heavy atom. The highest BCUT2D eigenvalue weighted by Crippen LogP contribution is 2.17. The fourth-order valence-electron chi connectivity index (χ4n) is 1.83. The van der Waals surface area contributed by atoms with Crippen LogP contribution in [0.2, 0.25) is 5.02 Å². The van der Waals surface area contributed by atoms with Gasteiger partial charge in [-0.2, -0.15) is 0 Å². The maximum atomic E-state index is 11.9. The second-order valence-corrected chi connectivity index (χ2v) is 6.58. The number of carbonyl (C=O) groups excluding carboxylic acids is 2. The Morgan fingerprint density at radius 2 is 1.96 bits per heavy atom. The second kappa shape index (κ2) is 8.65. The number of aromatic nitrogens is 1. The Labute approximate surface area is 149 Å². The molecule has 2 rings (SSSR count). The fourth-order valence-corrected chi connectivity index (χ4v) is 2.66. The lowest BCUT2D eigenvalue weighted by Crippen LogP contribution is -2.33. The summed E-state index contributed by atoms with van der Waals surface area (Å²) in [6, 6.07) is 6.52. The van der Waals surface area contributed by atoms with Gasteiger partial charge >= 0.3 is 6.03 Å². The number of benzene rings is 1. The number of halogens is 1. The molecule has 1 unspecified atom stereocenters. The van der Waals surface area contributed by atoms with E-state index in [0.29, 0.717) is 21.5 Å². The van der Waals surface area contributed by atoms with Gasteiger partial charge in [0.25, 0.3) is 0 Å². The summed E-state index contributed by atoms with van der Waals surface area (Å²) in [5, 5.41) is 11.0. The van der Waals surface area contributed by atoms with Crippen molar-refractivity contribution in [1.29, 1.82) is 0 Å². The molecule has 128 valence electrons. The molecule has 0 spiro atoms. The quantitative estimate of drug-likeness (QED) is 0.725. The van der Waals surface area contributed by atoms with Gasteiger partial charge in [0.2, 0.25) is 5.91 Å². The van der Waals surface area contributed by atoms with Gasteiger partial charge in [-0.25, -0.2) is 9.78 Å². The lowest BCUT2D eigenvalue weighted by molar-refractivity contribution is -0.121. The lowest BCUT2D eigenvalue weighted by atomic mass is 10.2. The molecule has 1 atom stereocenters. The minimum absolute atomic E-state index is 0.0770. The Kier molecular flexibility index (Phi) is 6.57. The van der Waals surface area contributed by atoms with Gasteiger partial charge in [-0.05, 0) is 37.6 Å². The van der Waals surface area contributed by atoms with Gasteiger partial charge in [0.05, 0.1) is 12.1 Å². The first kappa shape index (κ1) is 18.2. The number of urea groups is 1. The van der Waals surface area contributed by atoms with Crippen LogP contribution in [0.5, 0.6) is 0 Å². The third-order valence-electron chi connectivity index (χ3n) is 3.24. The molecule has 1 aromatic heterocycles. The van der Waals surface area contributed by atoms with Crippen LogP contribution in [0.4, 0.5) is 15.6 Å². The van der Waals surface area contributed by atoms with Crippen molar-refractivity contribution in [3.05, 3.63) is 40.4 Å². The number of rotatable bonds is 6. The van der Waals surface area contributed by atoms with Crippen molar-refractivity contribution in [2.24, 2.45) is 0 Å². The number of hydrogen-bond acceptors (Lipinski definition) is 4. The Morgan fingerprint density at radius 3 is 2.62 bits per heavy atom. The van der Waals surface area contributed by atoms with Crippen molar-refractivity contribution in [2.45, 2.75) is 32.7 Å². The minimum atomic E-state index is -0.401. The van der Waals surface area contributed by atoms with Gasteiger partial charge in [-0.1, -0.05) is 18.5 Å². The number of nitrogens with one attached hydrogen (secondary N) is 3. The van der Waals surface area contributed by atoms with Gasteiger partial charge in [0.1, 0.15) is 0 Å². The summed E-state index contributed by atoms with van der Waals surface area (Å²) in [7, 11) is 0. The molecule has 0 saturated carbocycles. The fraction of sp³-hybridized carbons (Fsp3) is 0.312. The zero-order valence-corrected chi connectivity index (χ0v) is 15.0. The first-order chi connectivity index (χ1) is 11.5. The monoisotopic (exact) mass is 366 g/mol. The van der Waals surface area contributed by atoms with Gasteiger partial charge in [-0.3, -0.25) is 10.1 Å². The smallest absolute Gasteiger partial charge is 0.325 e. The normalized spacial score (nSPS) is 11.6. The third-order valence-corrected chi connectivity index (χ3v) is 4.29. The summed E-state index contributed by atoms with van der Waals surface area (Å²) in [6.07, 6.45) is 1.07. The molecule has 0 aliphatic heterocycles. The summed E-state index contributed by atoms with van der Waals surface area (Å²) < 4.78 is 0. The van der Waals surface area contributed by atoms with E-state index in [-0.39, 0.29) is 18.4 Å². The van der Waals surface area contributed by atoms with Crippen LogP contribution in [0.15, 0.2) is 29.6 Å². The molecule has 1 aromatic carbocycles. The van der Waals surface area contributed by atoms with E-state index in [1.807, 2.05) is 13.8 Å². The molecule has 0 bridgehead atoms. The highest BCUT2D eigenvalue weighted by atomic mass is 35.5. The molecule has 0 fully saturated rings. The number of thiazole rings is 1. The first-order valence-electron chi connectivity index (χ1n) is 7.53. The van der Waals surface area contributed by atoms with E-state index in [0.717, 1.165) is 6.42 Å². The molecular weight excluding hydrogens is 348 g/mol. The largest absolute Gasteiger partial charge is 0.353 e. The van der Waals surface area contributed by atoms with Gasteiger partial charge in [0.15, 0.2) is 5.13 Å². The predicted octanol–water partition coefficient (Wildman–Crippen LogP) is 3.90. The molecule has 24 heavy (non-hydrogen) atoms. The van der Waals surface area contributed by atoms with Gasteiger partial charge in [-0.15, -0.1) is 11.3 Å². The number of nitrogens with zero attached hydrogens (tertiary/aromatic N) is 1. The molecule has 3 amide bonds. The maximum absolute atomic E-state index is 11.9. The van der Waals surface area contributed by atoms with Crippen LogP contribution in [-0.4, -0.2) is 23.0 Å². The third kappa shape index (κ3) is 5.82. The van der Waals surface area contributed by atoms with E-state index in [1.54, 1.807) is 29.6 Å². The topological polar surface area (TPSA) is 83.1 Å². The van der Waals surface area contributed by atoms with E-state index in [4.69, 9.17) is 11.6 Å². The first-order valence-corrected chi connectivity index (χ1v) is 8.79. The van der Waals surface area contributed by atoms with E-state index in [2.05, 4.69) is 20.9 Å². The summed E-state index contributed by atoms with van der Waals surface area (Å²) in [5.74, 6) is -0.0770. The number of carbonyl (C=O) groups is 2. The van der Waals surface area contributed by atoms with E-state index >= 15 is 0 Å². The SMILES string of the molecule is CCC(C)NC(=O)Cc1csc(NC(=O)Nc2ccc(Cl)cc2)n1. The second-order valence-electron chi connectivity index (χ2n) is 5.28. The van der Waals surface area contributed by atoms with Crippen LogP contribution in [0, 0.1) is 0 Å². The summed E-state index contributed by atoms with van der Waals surface area (Å²) in [6.45, 7) is 3.96. The van der Waals surface area contributed by atoms with Crippen molar-refractivity contribution in [3.63, 3.8) is 0 Å². The molecule has 0 radical (unpaired) electrons. The Bertz CT molecular complexity index is 702. The van der Waals surface area contributed by atoms with Crippen LogP contribution in [0.1, 0.15) is 26.0 Å². The van der Waals surface area contributed by atoms with E-state index in [1.165, 1.54) is 11.3 Å². The Hall–Kier alpha value is -2.12. The molecule has 2 aromatic rings. The number of anilines is 2. The molecule has 3 N–H and O–H groups in total. The maximum Gasteiger partial charge on any atom is 0.325 e. The number of amides is 3. The average molecular weight is 367 g/mol. The lowest BCUT2D eigenvalue weighted by Gasteiger charge is -2.10. The van der Waals surface area contributed by atoms with Crippen molar-refractivity contribution in [1.82, 2.24) is 10.3 Å². The molecule has 0 aliphatic carbocycles. The summed E-state index contributed by atoms with van der Waals surface area (Å²) >= 11 is 7.07. The predicted molar refractivity (Wildman–Crippen MR) is 97.8 cm³/mol. The van der Waals surface area contributed by atoms with Crippen LogP contribution in [0.3, 0.4) is 0 Å². The van der Waals surface area contributed by atoms with E-state index < -0.39 is 6.03 Å². The van der Waals surface area contributed by atoms with Gasteiger partial charge in [0, 0.05) is 22.1 Å². The molecule has 6 nitrogen and oxygen atoms in total. The summed E-state index contributed by atoms with van der Waals surface area (Å²) in [5.41, 5.74) is 1.25. The van der Waals surface area contributed by atoms with Crippen LogP contribution in [-0.2, 0) is 11.2 Å². The highest BCUT2D eigenvalue weighted by molar-refractivity contribution is 7.14. The van der Waals surface area contributed by atoms with Crippen LogP contribution < -0.4 is 16.0 Å². The molecular formula is C16H19ClN4O2S. The zero-order chi connectivity index (χ0) is 17.5. The Balaban J connectivity index is 1.85. The van der Waals surface area contributed by atoms with Crippen molar-refractivity contribution >= 4 is 45.7 Å². The standard InChI is InChI=1S/C16H19ClN4O2S/c1-3-10(2)18-14(22)8-13-9-24-16(20-13)21-15(23)19-12-6-4-11(17)5-7-12/h4-7,9-10H,3,8H2,1-2H3,(H,18,22)(H2,19,20,21,23). The van der Waals surface area contributed by atoms with Crippen molar-refractivity contribution in [2.75, 3.05) is 10.6 Å².